The van der Waals surface area contributed by atoms with Gasteiger partial charge in [0.05, 0.1) is 11.4 Å². The topological polar surface area (TPSA) is 78.5 Å². The zero-order chi connectivity index (χ0) is 18.4. The average molecular weight is 361 g/mol. The van der Waals surface area contributed by atoms with Gasteiger partial charge in [0.15, 0.2) is 0 Å². The van der Waals surface area contributed by atoms with Crippen molar-refractivity contribution in [2.45, 2.75) is 18.4 Å². The second-order valence-corrected chi connectivity index (χ2v) is 8.02. The van der Waals surface area contributed by atoms with Gasteiger partial charge in [-0.2, -0.15) is 0 Å². The molecule has 0 aromatic heterocycles. The van der Waals surface area contributed by atoms with Crippen LogP contribution in [0.1, 0.15) is 11.1 Å². The Morgan fingerprint density at radius 2 is 1.80 bits per heavy atom. The number of nitrogens with one attached hydrogen (secondary N) is 2. The van der Waals surface area contributed by atoms with E-state index in [0.717, 1.165) is 15.6 Å². The van der Waals surface area contributed by atoms with E-state index in [0.29, 0.717) is 5.56 Å². The van der Waals surface area contributed by atoms with Crippen LogP contribution in [-0.4, -0.2) is 39.3 Å². The van der Waals surface area contributed by atoms with Gasteiger partial charge in [-0.15, -0.1) is 0 Å². The van der Waals surface area contributed by atoms with Gasteiger partial charge in [0.25, 0.3) is 0 Å². The molecule has 0 radical (unpaired) electrons. The predicted octanol–water partition coefficient (Wildman–Crippen LogP) is 1.97. The van der Waals surface area contributed by atoms with Crippen molar-refractivity contribution < 1.29 is 13.2 Å². The van der Waals surface area contributed by atoms with Crippen molar-refractivity contribution in [3.8, 4) is 0 Å². The van der Waals surface area contributed by atoms with E-state index in [4.69, 9.17) is 0 Å². The molecule has 134 valence electrons. The molecular weight excluding hydrogens is 338 g/mol. The summed E-state index contributed by atoms with van der Waals surface area (Å²) >= 11 is 0. The molecule has 0 aliphatic rings. The smallest absolute Gasteiger partial charge is 0.242 e. The number of benzene rings is 2. The molecule has 0 aliphatic heterocycles. The molecule has 6 nitrogen and oxygen atoms in total. The van der Waals surface area contributed by atoms with Crippen LogP contribution in [0.5, 0.6) is 0 Å². The fourth-order valence-corrected chi connectivity index (χ4v) is 3.41. The Bertz CT molecular complexity index is 848. The summed E-state index contributed by atoms with van der Waals surface area (Å²) in [6.45, 7) is 2.25. The number of nitrogens with zero attached hydrogens (tertiary/aromatic N) is 1. The number of hydrogen-bond donors (Lipinski definition) is 2. The molecule has 0 fully saturated rings. The third-order valence-corrected chi connectivity index (χ3v) is 5.59. The van der Waals surface area contributed by atoms with Crippen LogP contribution in [0, 0.1) is 6.92 Å². The quantitative estimate of drug-likeness (QED) is 0.790. The van der Waals surface area contributed by atoms with Crippen LogP contribution in [0.4, 0.5) is 5.69 Å². The molecule has 0 atom stereocenters. The van der Waals surface area contributed by atoms with E-state index in [1.54, 1.807) is 24.3 Å². The summed E-state index contributed by atoms with van der Waals surface area (Å²) in [6, 6.07) is 14.4. The molecule has 0 saturated heterocycles. The van der Waals surface area contributed by atoms with Crippen LogP contribution in [-0.2, 0) is 21.4 Å². The lowest BCUT2D eigenvalue weighted by Crippen LogP contribution is -2.30. The lowest BCUT2D eigenvalue weighted by Gasteiger charge is -2.15. The summed E-state index contributed by atoms with van der Waals surface area (Å²) in [4.78, 5) is 12.2. The van der Waals surface area contributed by atoms with Gasteiger partial charge in [-0.3, -0.25) is 4.79 Å². The highest BCUT2D eigenvalue weighted by Gasteiger charge is 2.20. The Morgan fingerprint density at radius 1 is 1.08 bits per heavy atom. The van der Waals surface area contributed by atoms with Crippen molar-refractivity contribution in [3.63, 3.8) is 0 Å². The van der Waals surface area contributed by atoms with Gasteiger partial charge in [0, 0.05) is 26.3 Å². The van der Waals surface area contributed by atoms with Gasteiger partial charge in [-0.1, -0.05) is 30.3 Å². The van der Waals surface area contributed by atoms with E-state index >= 15 is 0 Å². The minimum absolute atomic E-state index is 0.117. The number of carbonyl (C=O) groups is 1. The van der Waals surface area contributed by atoms with Gasteiger partial charge in [-0.05, 0) is 36.2 Å². The SMILES string of the molecule is Cc1cccc(NCC(=O)NCc2ccccc2S(=O)(=O)N(C)C)c1. The Labute approximate surface area is 148 Å². The zero-order valence-electron chi connectivity index (χ0n) is 14.6. The maximum absolute atomic E-state index is 12.3. The molecule has 2 aromatic rings. The van der Waals surface area contributed by atoms with Crippen LogP contribution in [0.3, 0.4) is 0 Å². The monoisotopic (exact) mass is 361 g/mol. The maximum Gasteiger partial charge on any atom is 0.242 e. The fourth-order valence-electron chi connectivity index (χ4n) is 2.29. The molecule has 0 heterocycles. The highest BCUT2D eigenvalue weighted by molar-refractivity contribution is 7.89. The minimum Gasteiger partial charge on any atom is -0.376 e. The van der Waals surface area contributed by atoms with Gasteiger partial charge in [-0.25, -0.2) is 12.7 Å². The molecule has 0 bridgehead atoms. The molecule has 2 aromatic carbocycles. The molecular formula is C18H23N3O3S. The summed E-state index contributed by atoms with van der Waals surface area (Å²) < 4.78 is 25.8. The van der Waals surface area contributed by atoms with Gasteiger partial charge in [0.1, 0.15) is 0 Å². The third-order valence-electron chi connectivity index (χ3n) is 3.68. The van der Waals surface area contributed by atoms with E-state index in [1.807, 2.05) is 31.2 Å². The second kappa shape index (κ2) is 8.13. The van der Waals surface area contributed by atoms with Crippen molar-refractivity contribution in [3.05, 3.63) is 59.7 Å². The average Bonchev–Trinajstić information content (AvgIpc) is 2.58. The van der Waals surface area contributed by atoms with E-state index in [9.17, 15) is 13.2 Å². The van der Waals surface area contributed by atoms with Crippen molar-refractivity contribution in [1.82, 2.24) is 9.62 Å². The number of hydrogen-bond acceptors (Lipinski definition) is 4. The molecule has 1 amide bonds. The number of aryl methyl sites for hydroxylation is 1. The van der Waals surface area contributed by atoms with Crippen LogP contribution >= 0.6 is 0 Å². The minimum atomic E-state index is -3.55. The first-order valence-corrected chi connectivity index (χ1v) is 9.32. The molecule has 0 aliphatic carbocycles. The first-order valence-electron chi connectivity index (χ1n) is 7.88. The molecule has 2 N–H and O–H groups in total. The maximum atomic E-state index is 12.3. The molecule has 2 rings (SSSR count). The normalized spacial score (nSPS) is 11.4. The van der Waals surface area contributed by atoms with Crippen LogP contribution in [0.15, 0.2) is 53.4 Å². The Kier molecular flexibility index (Phi) is 6.17. The Balaban J connectivity index is 1.98. The third kappa shape index (κ3) is 5.04. The van der Waals surface area contributed by atoms with Crippen molar-refractivity contribution in [2.75, 3.05) is 26.0 Å². The molecule has 25 heavy (non-hydrogen) atoms. The summed E-state index contributed by atoms with van der Waals surface area (Å²) in [6.07, 6.45) is 0. The van der Waals surface area contributed by atoms with Crippen molar-refractivity contribution >= 4 is 21.6 Å². The number of amides is 1. The first-order chi connectivity index (χ1) is 11.8. The molecule has 0 spiro atoms. The molecule has 7 heteroatoms. The lowest BCUT2D eigenvalue weighted by atomic mass is 10.2. The standard InChI is InChI=1S/C18H23N3O3S/c1-14-7-6-9-16(11-14)19-13-18(22)20-12-15-8-4-5-10-17(15)25(23,24)21(2)3/h4-11,19H,12-13H2,1-3H3,(H,20,22). The van der Waals surface area contributed by atoms with E-state index in [2.05, 4.69) is 10.6 Å². The van der Waals surface area contributed by atoms with E-state index in [1.165, 1.54) is 14.1 Å². The predicted molar refractivity (Wildman–Crippen MR) is 98.8 cm³/mol. The highest BCUT2D eigenvalue weighted by Crippen LogP contribution is 2.18. The molecule has 0 saturated carbocycles. The van der Waals surface area contributed by atoms with E-state index in [-0.39, 0.29) is 23.9 Å². The highest BCUT2D eigenvalue weighted by atomic mass is 32.2. The summed E-state index contributed by atoms with van der Waals surface area (Å²) in [5.74, 6) is -0.210. The Hall–Kier alpha value is -2.38. The zero-order valence-corrected chi connectivity index (χ0v) is 15.4. The second-order valence-electron chi connectivity index (χ2n) is 5.89. The van der Waals surface area contributed by atoms with Gasteiger partial charge in [0.2, 0.25) is 15.9 Å². The van der Waals surface area contributed by atoms with Crippen LogP contribution in [0.2, 0.25) is 0 Å². The largest absolute Gasteiger partial charge is 0.376 e. The van der Waals surface area contributed by atoms with Gasteiger partial charge >= 0.3 is 0 Å². The van der Waals surface area contributed by atoms with Crippen molar-refractivity contribution in [2.24, 2.45) is 0 Å². The fraction of sp³-hybridized carbons (Fsp3) is 0.278. The molecule has 0 unspecified atom stereocenters. The number of rotatable bonds is 7. The van der Waals surface area contributed by atoms with Crippen LogP contribution in [0.25, 0.3) is 0 Å². The number of sulfonamides is 1. The summed E-state index contributed by atoms with van der Waals surface area (Å²) in [5, 5.41) is 5.80. The lowest BCUT2D eigenvalue weighted by molar-refractivity contribution is -0.119. The van der Waals surface area contributed by atoms with E-state index < -0.39 is 10.0 Å². The summed E-state index contributed by atoms with van der Waals surface area (Å²) in [7, 11) is -0.584. The first kappa shape index (κ1) is 19.0. The van der Waals surface area contributed by atoms with Crippen LogP contribution < -0.4 is 10.6 Å². The number of anilines is 1. The summed E-state index contributed by atoms with van der Waals surface area (Å²) in [5.41, 5.74) is 2.53. The Morgan fingerprint density at radius 3 is 2.48 bits per heavy atom. The number of carbonyl (C=O) groups excluding carboxylic acids is 1. The van der Waals surface area contributed by atoms with Crippen molar-refractivity contribution in [1.29, 1.82) is 0 Å². The van der Waals surface area contributed by atoms with Gasteiger partial charge < -0.3 is 10.6 Å².